The van der Waals surface area contributed by atoms with Crippen molar-refractivity contribution in [3.05, 3.63) is 48.0 Å². The number of ether oxygens (including phenoxy) is 1. The minimum Gasteiger partial charge on any atom is -0.389 e. The SMILES string of the molecule is COC[C@H](O)CN1CCC(c2ccc3ccccc3c2)CC1. The number of aliphatic hydroxyl groups is 1. The summed E-state index contributed by atoms with van der Waals surface area (Å²) in [5, 5.41) is 12.5. The summed E-state index contributed by atoms with van der Waals surface area (Å²) in [5.74, 6) is 0.639. The summed E-state index contributed by atoms with van der Waals surface area (Å²) in [7, 11) is 1.63. The lowest BCUT2D eigenvalue weighted by Crippen LogP contribution is -2.39. The van der Waals surface area contributed by atoms with Crippen molar-refractivity contribution in [1.82, 2.24) is 4.90 Å². The van der Waals surface area contributed by atoms with E-state index in [9.17, 15) is 5.11 Å². The molecule has 0 aliphatic carbocycles. The lowest BCUT2D eigenvalue weighted by Gasteiger charge is -2.33. The predicted octanol–water partition coefficient (Wildman–Crippen LogP) is 3.03. The van der Waals surface area contributed by atoms with Gasteiger partial charge in [0, 0.05) is 13.7 Å². The first kappa shape index (κ1) is 15.5. The molecule has 1 heterocycles. The average molecular weight is 299 g/mol. The number of benzene rings is 2. The number of piperidine rings is 1. The molecule has 2 aromatic carbocycles. The fraction of sp³-hybridized carbons (Fsp3) is 0.474. The average Bonchev–Trinajstić information content (AvgIpc) is 2.55. The highest BCUT2D eigenvalue weighted by Gasteiger charge is 2.22. The van der Waals surface area contributed by atoms with E-state index in [-0.39, 0.29) is 6.10 Å². The number of likely N-dealkylation sites (tertiary alicyclic amines) is 1. The molecule has 3 rings (SSSR count). The highest BCUT2D eigenvalue weighted by molar-refractivity contribution is 5.83. The molecule has 0 amide bonds. The van der Waals surface area contributed by atoms with Gasteiger partial charge in [0.05, 0.1) is 12.7 Å². The van der Waals surface area contributed by atoms with Crippen molar-refractivity contribution < 1.29 is 9.84 Å². The van der Waals surface area contributed by atoms with Crippen molar-refractivity contribution >= 4 is 10.8 Å². The molecule has 1 aliphatic heterocycles. The fourth-order valence-corrected chi connectivity index (χ4v) is 3.45. The van der Waals surface area contributed by atoms with Crippen molar-refractivity contribution in [3.63, 3.8) is 0 Å². The molecule has 2 aromatic rings. The number of fused-ring (bicyclic) bond motifs is 1. The number of nitrogens with zero attached hydrogens (tertiary/aromatic N) is 1. The van der Waals surface area contributed by atoms with Crippen LogP contribution in [0.25, 0.3) is 10.8 Å². The van der Waals surface area contributed by atoms with E-state index in [1.807, 2.05) is 0 Å². The summed E-state index contributed by atoms with van der Waals surface area (Å²) in [6.07, 6.45) is 1.96. The van der Waals surface area contributed by atoms with Gasteiger partial charge in [0.2, 0.25) is 0 Å². The number of methoxy groups -OCH3 is 1. The zero-order valence-corrected chi connectivity index (χ0v) is 13.2. The Morgan fingerprint density at radius 1 is 1.14 bits per heavy atom. The summed E-state index contributed by atoms with van der Waals surface area (Å²) in [6.45, 7) is 3.25. The minimum absolute atomic E-state index is 0.373. The van der Waals surface area contributed by atoms with Crippen LogP contribution in [0.4, 0.5) is 0 Å². The van der Waals surface area contributed by atoms with Crippen LogP contribution in [0, 0.1) is 0 Å². The summed E-state index contributed by atoms with van der Waals surface area (Å²) >= 11 is 0. The van der Waals surface area contributed by atoms with E-state index in [1.165, 1.54) is 16.3 Å². The van der Waals surface area contributed by atoms with E-state index in [4.69, 9.17) is 4.74 Å². The van der Waals surface area contributed by atoms with Gasteiger partial charge in [-0.3, -0.25) is 0 Å². The second-order valence-corrected chi connectivity index (χ2v) is 6.29. The van der Waals surface area contributed by atoms with Gasteiger partial charge >= 0.3 is 0 Å². The van der Waals surface area contributed by atoms with Crippen molar-refractivity contribution in [2.45, 2.75) is 24.9 Å². The van der Waals surface area contributed by atoms with Crippen LogP contribution in [0.3, 0.4) is 0 Å². The van der Waals surface area contributed by atoms with Crippen molar-refractivity contribution in [2.75, 3.05) is 33.4 Å². The van der Waals surface area contributed by atoms with E-state index < -0.39 is 0 Å². The third-order valence-electron chi connectivity index (χ3n) is 4.66. The summed E-state index contributed by atoms with van der Waals surface area (Å²) < 4.78 is 5.00. The third-order valence-corrected chi connectivity index (χ3v) is 4.66. The molecule has 0 spiro atoms. The Bertz CT molecular complexity index is 605. The van der Waals surface area contributed by atoms with Crippen LogP contribution in [0.2, 0.25) is 0 Å². The molecule has 22 heavy (non-hydrogen) atoms. The second-order valence-electron chi connectivity index (χ2n) is 6.29. The van der Waals surface area contributed by atoms with E-state index in [1.54, 1.807) is 7.11 Å². The van der Waals surface area contributed by atoms with Gasteiger partial charge in [-0.05, 0) is 48.2 Å². The molecule has 1 fully saturated rings. The third kappa shape index (κ3) is 3.67. The Labute approximate surface area is 132 Å². The Morgan fingerprint density at radius 2 is 1.86 bits per heavy atom. The van der Waals surface area contributed by atoms with Gasteiger partial charge < -0.3 is 14.7 Å². The zero-order chi connectivity index (χ0) is 15.4. The van der Waals surface area contributed by atoms with Gasteiger partial charge in [-0.1, -0.05) is 42.5 Å². The number of hydrogen-bond acceptors (Lipinski definition) is 3. The van der Waals surface area contributed by atoms with Gasteiger partial charge in [0.25, 0.3) is 0 Å². The molecule has 0 bridgehead atoms. The maximum absolute atomic E-state index is 9.84. The van der Waals surface area contributed by atoms with Crippen molar-refractivity contribution in [3.8, 4) is 0 Å². The maximum Gasteiger partial charge on any atom is 0.0900 e. The monoisotopic (exact) mass is 299 g/mol. The molecule has 3 nitrogen and oxygen atoms in total. The number of rotatable bonds is 5. The highest BCUT2D eigenvalue weighted by Crippen LogP contribution is 2.30. The van der Waals surface area contributed by atoms with Crippen LogP contribution >= 0.6 is 0 Å². The fourth-order valence-electron chi connectivity index (χ4n) is 3.45. The molecule has 1 aliphatic rings. The van der Waals surface area contributed by atoms with E-state index >= 15 is 0 Å². The number of aliphatic hydroxyl groups excluding tert-OH is 1. The van der Waals surface area contributed by atoms with Gasteiger partial charge in [0.1, 0.15) is 0 Å². The lowest BCUT2D eigenvalue weighted by molar-refractivity contribution is 0.0320. The molecule has 1 atom stereocenters. The molecule has 3 heteroatoms. The first-order valence-electron chi connectivity index (χ1n) is 8.14. The quantitative estimate of drug-likeness (QED) is 0.921. The van der Waals surface area contributed by atoms with E-state index in [2.05, 4.69) is 47.4 Å². The second kappa shape index (κ2) is 7.23. The van der Waals surface area contributed by atoms with Gasteiger partial charge in [-0.25, -0.2) is 0 Å². The van der Waals surface area contributed by atoms with Crippen LogP contribution in [0.1, 0.15) is 24.3 Å². The molecule has 0 radical (unpaired) electrons. The Morgan fingerprint density at radius 3 is 2.59 bits per heavy atom. The topological polar surface area (TPSA) is 32.7 Å². The summed E-state index contributed by atoms with van der Waals surface area (Å²) in [4.78, 5) is 2.35. The minimum atomic E-state index is -0.373. The molecule has 1 N–H and O–H groups in total. The number of β-amino-alcohol motifs (C(OH)–C–C–N with tert-alkyl or cyclic N) is 1. The Kier molecular flexibility index (Phi) is 5.08. The zero-order valence-electron chi connectivity index (χ0n) is 13.2. The van der Waals surface area contributed by atoms with Crippen LogP contribution in [-0.4, -0.2) is 49.5 Å². The normalized spacial score (nSPS) is 18.6. The van der Waals surface area contributed by atoms with Crippen LogP contribution in [0.15, 0.2) is 42.5 Å². The Hall–Kier alpha value is -1.42. The van der Waals surface area contributed by atoms with Crippen molar-refractivity contribution in [2.24, 2.45) is 0 Å². The first-order valence-corrected chi connectivity index (χ1v) is 8.14. The standard InChI is InChI=1S/C19H25NO2/c1-22-14-19(21)13-20-10-8-16(9-11-20)18-7-6-15-4-2-3-5-17(15)12-18/h2-7,12,16,19,21H,8-11,13-14H2,1H3/t19-/m1/s1. The summed E-state index contributed by atoms with van der Waals surface area (Å²) in [6, 6.07) is 15.4. The maximum atomic E-state index is 9.84. The van der Waals surface area contributed by atoms with Crippen LogP contribution < -0.4 is 0 Å². The molecule has 0 unspecified atom stereocenters. The van der Waals surface area contributed by atoms with Crippen LogP contribution in [-0.2, 0) is 4.74 Å². The van der Waals surface area contributed by atoms with E-state index in [0.29, 0.717) is 12.5 Å². The molecular weight excluding hydrogens is 274 g/mol. The van der Waals surface area contributed by atoms with Gasteiger partial charge in [-0.15, -0.1) is 0 Å². The highest BCUT2D eigenvalue weighted by atomic mass is 16.5. The molecule has 0 saturated carbocycles. The smallest absolute Gasteiger partial charge is 0.0900 e. The Balaban J connectivity index is 1.60. The molecule has 0 aromatic heterocycles. The molecule has 118 valence electrons. The predicted molar refractivity (Wildman–Crippen MR) is 90.2 cm³/mol. The number of hydrogen-bond donors (Lipinski definition) is 1. The van der Waals surface area contributed by atoms with Gasteiger partial charge in [-0.2, -0.15) is 0 Å². The van der Waals surface area contributed by atoms with Crippen LogP contribution in [0.5, 0.6) is 0 Å². The lowest BCUT2D eigenvalue weighted by atomic mass is 9.88. The first-order chi connectivity index (χ1) is 10.8. The largest absolute Gasteiger partial charge is 0.389 e. The summed E-state index contributed by atoms with van der Waals surface area (Å²) in [5.41, 5.74) is 1.45. The molecule has 1 saturated heterocycles. The van der Waals surface area contributed by atoms with E-state index in [0.717, 1.165) is 32.5 Å². The van der Waals surface area contributed by atoms with Gasteiger partial charge in [0.15, 0.2) is 0 Å². The van der Waals surface area contributed by atoms with Crippen molar-refractivity contribution in [1.29, 1.82) is 0 Å². The molecular formula is C19H25NO2.